The number of halogens is 2. The average molecular weight is 389 g/mol. The highest BCUT2D eigenvalue weighted by atomic mass is 19.1. The number of nitrogens with one attached hydrogen (secondary N) is 1. The Bertz CT molecular complexity index is 852. The molecule has 148 valence electrons. The van der Waals surface area contributed by atoms with E-state index in [-0.39, 0.29) is 23.7 Å². The number of nitrogens with zero attached hydrogens (tertiary/aromatic N) is 2. The van der Waals surface area contributed by atoms with Gasteiger partial charge in [0.05, 0.1) is 19.2 Å². The van der Waals surface area contributed by atoms with Crippen LogP contribution in [0, 0.1) is 11.6 Å². The van der Waals surface area contributed by atoms with Gasteiger partial charge in [0.2, 0.25) is 0 Å². The van der Waals surface area contributed by atoms with Gasteiger partial charge < -0.3 is 15.0 Å². The molecule has 2 amide bonds. The van der Waals surface area contributed by atoms with Crippen molar-refractivity contribution in [3.05, 3.63) is 65.2 Å². The molecule has 6 nitrogen and oxygen atoms in total. The van der Waals surface area contributed by atoms with Crippen LogP contribution in [0.3, 0.4) is 0 Å². The summed E-state index contributed by atoms with van der Waals surface area (Å²) in [4.78, 5) is 27.7. The Morgan fingerprint density at radius 2 is 1.79 bits per heavy atom. The molecule has 2 aromatic rings. The van der Waals surface area contributed by atoms with E-state index in [2.05, 4.69) is 10.1 Å². The zero-order valence-corrected chi connectivity index (χ0v) is 15.5. The summed E-state index contributed by atoms with van der Waals surface area (Å²) in [5.74, 6) is -1.69. The van der Waals surface area contributed by atoms with Crippen molar-refractivity contribution in [2.24, 2.45) is 0 Å². The van der Waals surface area contributed by atoms with Crippen LogP contribution in [0.25, 0.3) is 0 Å². The lowest BCUT2D eigenvalue weighted by Crippen LogP contribution is -2.51. The molecule has 1 heterocycles. The minimum absolute atomic E-state index is 0.0539. The molecule has 0 saturated carbocycles. The summed E-state index contributed by atoms with van der Waals surface area (Å²) in [6, 6.07) is 9.16. The first-order chi connectivity index (χ1) is 13.5. The number of carbonyl (C=O) groups excluding carboxylic acids is 2. The molecule has 0 radical (unpaired) electrons. The number of amides is 2. The summed E-state index contributed by atoms with van der Waals surface area (Å²) in [6.07, 6.45) is 0. The van der Waals surface area contributed by atoms with Gasteiger partial charge in [-0.3, -0.25) is 4.90 Å². The number of esters is 1. The van der Waals surface area contributed by atoms with Crippen LogP contribution in [0.4, 0.5) is 19.3 Å². The van der Waals surface area contributed by atoms with E-state index in [1.165, 1.54) is 48.4 Å². The second-order valence-electron chi connectivity index (χ2n) is 6.38. The monoisotopic (exact) mass is 389 g/mol. The fourth-order valence-corrected chi connectivity index (χ4v) is 3.01. The lowest BCUT2D eigenvalue weighted by Gasteiger charge is -2.33. The van der Waals surface area contributed by atoms with Gasteiger partial charge in [0, 0.05) is 37.4 Å². The topological polar surface area (TPSA) is 61.9 Å². The summed E-state index contributed by atoms with van der Waals surface area (Å²) < 4.78 is 32.5. The number of urea groups is 1. The highest BCUT2D eigenvalue weighted by Gasteiger charge is 2.25. The Labute approximate surface area is 161 Å². The first kappa shape index (κ1) is 19.8. The molecule has 0 spiro atoms. The van der Waals surface area contributed by atoms with Crippen molar-refractivity contribution >= 4 is 17.7 Å². The Morgan fingerprint density at radius 3 is 2.39 bits per heavy atom. The fourth-order valence-electron chi connectivity index (χ4n) is 3.01. The lowest BCUT2D eigenvalue weighted by atomic mass is 10.1. The summed E-state index contributed by atoms with van der Waals surface area (Å²) in [5.41, 5.74) is 0.785. The average Bonchev–Trinajstić information content (AvgIpc) is 2.73. The molecule has 0 unspecified atom stereocenters. The van der Waals surface area contributed by atoms with Gasteiger partial charge in [0.25, 0.3) is 0 Å². The molecule has 1 N–H and O–H groups in total. The fraction of sp³-hybridized carbons (Fsp3) is 0.300. The molecule has 0 aliphatic carbocycles. The molecule has 1 aliphatic rings. The van der Waals surface area contributed by atoms with Crippen LogP contribution in [0.5, 0.6) is 0 Å². The van der Waals surface area contributed by atoms with E-state index in [4.69, 9.17) is 0 Å². The number of piperazine rings is 1. The highest BCUT2D eigenvalue weighted by molar-refractivity contribution is 5.92. The van der Waals surface area contributed by atoms with E-state index in [9.17, 15) is 18.4 Å². The summed E-state index contributed by atoms with van der Waals surface area (Å²) in [6.45, 7) is 2.35. The summed E-state index contributed by atoms with van der Waals surface area (Å²) in [7, 11) is 1.22. The predicted octanol–water partition coefficient (Wildman–Crippen LogP) is 2.78. The molecule has 28 heavy (non-hydrogen) atoms. The van der Waals surface area contributed by atoms with Crippen LogP contribution < -0.4 is 10.2 Å². The van der Waals surface area contributed by atoms with Crippen LogP contribution in [-0.2, 0) is 11.3 Å². The molecular formula is C20H21F2N3O3. The standard InChI is InChI=1S/C20H21F2N3O3/c1-28-19(26)14-2-3-15(18(22)12-14)13-25(17-6-4-16(21)5-7-17)20(27)24-10-8-23-9-11-24/h2-7,12,23H,8-11,13H2,1H3. The predicted molar refractivity (Wildman–Crippen MR) is 100 cm³/mol. The van der Waals surface area contributed by atoms with Crippen molar-refractivity contribution in [3.8, 4) is 0 Å². The Balaban J connectivity index is 1.89. The van der Waals surface area contributed by atoms with Crippen molar-refractivity contribution in [2.45, 2.75) is 6.54 Å². The largest absolute Gasteiger partial charge is 0.465 e. The number of anilines is 1. The number of rotatable bonds is 4. The van der Waals surface area contributed by atoms with Crippen LogP contribution in [0.1, 0.15) is 15.9 Å². The second-order valence-corrected chi connectivity index (χ2v) is 6.38. The highest BCUT2D eigenvalue weighted by Crippen LogP contribution is 2.22. The van der Waals surface area contributed by atoms with Crippen LogP contribution in [-0.4, -0.2) is 50.2 Å². The first-order valence-corrected chi connectivity index (χ1v) is 8.89. The molecule has 8 heteroatoms. The third kappa shape index (κ3) is 4.45. The van der Waals surface area contributed by atoms with E-state index in [1.807, 2.05) is 0 Å². The molecule has 0 bridgehead atoms. The van der Waals surface area contributed by atoms with Gasteiger partial charge >= 0.3 is 12.0 Å². The van der Waals surface area contributed by atoms with Crippen molar-refractivity contribution in [3.63, 3.8) is 0 Å². The molecule has 1 aliphatic heterocycles. The molecule has 0 aromatic heterocycles. The van der Waals surface area contributed by atoms with Gasteiger partial charge in [0.1, 0.15) is 11.6 Å². The van der Waals surface area contributed by atoms with E-state index in [0.717, 1.165) is 6.07 Å². The van der Waals surface area contributed by atoms with E-state index < -0.39 is 17.6 Å². The van der Waals surface area contributed by atoms with Crippen molar-refractivity contribution in [1.29, 1.82) is 0 Å². The molecule has 3 rings (SSSR count). The van der Waals surface area contributed by atoms with Gasteiger partial charge in [0.15, 0.2) is 0 Å². The number of hydrogen-bond acceptors (Lipinski definition) is 4. The second kappa shape index (κ2) is 8.79. The maximum atomic E-state index is 14.6. The summed E-state index contributed by atoms with van der Waals surface area (Å²) in [5, 5.41) is 3.17. The number of hydrogen-bond donors (Lipinski definition) is 1. The molecule has 0 atom stereocenters. The maximum absolute atomic E-state index is 14.6. The SMILES string of the molecule is COC(=O)c1ccc(CN(C(=O)N2CCNCC2)c2ccc(F)cc2)c(F)c1. The number of ether oxygens (including phenoxy) is 1. The van der Waals surface area contributed by atoms with Gasteiger partial charge in [-0.1, -0.05) is 6.07 Å². The van der Waals surface area contributed by atoms with E-state index >= 15 is 0 Å². The minimum Gasteiger partial charge on any atom is -0.465 e. The third-order valence-electron chi connectivity index (χ3n) is 4.56. The van der Waals surface area contributed by atoms with Crippen LogP contribution in [0.15, 0.2) is 42.5 Å². The first-order valence-electron chi connectivity index (χ1n) is 8.89. The lowest BCUT2D eigenvalue weighted by molar-refractivity contribution is 0.0600. The summed E-state index contributed by atoms with van der Waals surface area (Å²) >= 11 is 0. The molecule has 1 saturated heterocycles. The number of benzene rings is 2. The van der Waals surface area contributed by atoms with Gasteiger partial charge in [-0.25, -0.2) is 18.4 Å². The van der Waals surface area contributed by atoms with Crippen LogP contribution >= 0.6 is 0 Å². The normalized spacial score (nSPS) is 13.9. The molecule has 2 aromatic carbocycles. The Kier molecular flexibility index (Phi) is 6.20. The van der Waals surface area contributed by atoms with Crippen LogP contribution in [0.2, 0.25) is 0 Å². The zero-order valence-electron chi connectivity index (χ0n) is 15.5. The Hall–Kier alpha value is -3.00. The van der Waals surface area contributed by atoms with Crippen molar-refractivity contribution < 1.29 is 23.1 Å². The Morgan fingerprint density at radius 1 is 1.11 bits per heavy atom. The quantitative estimate of drug-likeness (QED) is 0.817. The molecule has 1 fully saturated rings. The van der Waals surface area contributed by atoms with Gasteiger partial charge in [-0.05, 0) is 36.4 Å². The minimum atomic E-state index is -0.641. The van der Waals surface area contributed by atoms with Crippen molar-refractivity contribution in [2.75, 3.05) is 38.2 Å². The maximum Gasteiger partial charge on any atom is 0.337 e. The molecular weight excluding hydrogens is 368 g/mol. The van der Waals surface area contributed by atoms with Gasteiger partial charge in [-0.2, -0.15) is 0 Å². The van der Waals surface area contributed by atoms with E-state index in [0.29, 0.717) is 31.9 Å². The number of carbonyl (C=O) groups is 2. The van der Waals surface area contributed by atoms with Crippen molar-refractivity contribution in [1.82, 2.24) is 10.2 Å². The third-order valence-corrected chi connectivity index (χ3v) is 4.56. The van der Waals surface area contributed by atoms with Gasteiger partial charge in [-0.15, -0.1) is 0 Å². The number of methoxy groups -OCH3 is 1. The smallest absolute Gasteiger partial charge is 0.337 e. The van der Waals surface area contributed by atoms with E-state index in [1.54, 1.807) is 4.90 Å². The zero-order chi connectivity index (χ0) is 20.1.